The minimum Gasteiger partial charge on any atom is -0.370 e. The first-order valence-electron chi connectivity index (χ1n) is 9.97. The summed E-state index contributed by atoms with van der Waals surface area (Å²) in [6, 6.07) is 10.6. The Hall–Kier alpha value is -2.62. The molecular formula is C23H28N4. The number of benzene rings is 1. The lowest BCUT2D eigenvalue weighted by molar-refractivity contribution is 0.679. The fourth-order valence-electron chi connectivity index (χ4n) is 3.92. The van der Waals surface area contributed by atoms with Crippen molar-refractivity contribution in [2.75, 3.05) is 11.9 Å². The van der Waals surface area contributed by atoms with Crippen molar-refractivity contribution in [2.24, 2.45) is 0 Å². The number of anilines is 1. The molecule has 0 radical (unpaired) electrons. The van der Waals surface area contributed by atoms with E-state index >= 15 is 0 Å². The number of nitrogens with zero attached hydrogens (tertiary/aromatic N) is 3. The molecule has 2 aromatic heterocycles. The molecule has 0 bridgehead atoms. The van der Waals surface area contributed by atoms with Gasteiger partial charge < -0.3 is 5.32 Å². The zero-order valence-corrected chi connectivity index (χ0v) is 16.5. The van der Waals surface area contributed by atoms with Gasteiger partial charge in [0.2, 0.25) is 0 Å². The van der Waals surface area contributed by atoms with Gasteiger partial charge in [0.05, 0.1) is 5.69 Å². The third-order valence-corrected chi connectivity index (χ3v) is 5.38. The van der Waals surface area contributed by atoms with E-state index in [-0.39, 0.29) is 0 Å². The molecule has 0 atom stereocenters. The highest BCUT2D eigenvalue weighted by Gasteiger charge is 2.15. The predicted molar refractivity (Wildman–Crippen MR) is 112 cm³/mol. The van der Waals surface area contributed by atoms with Crippen LogP contribution in [0, 0.1) is 20.8 Å². The highest BCUT2D eigenvalue weighted by atomic mass is 15.3. The van der Waals surface area contributed by atoms with Crippen LogP contribution in [0.3, 0.4) is 0 Å². The lowest BCUT2D eigenvalue weighted by Gasteiger charge is -2.14. The van der Waals surface area contributed by atoms with Crippen molar-refractivity contribution in [2.45, 2.75) is 52.9 Å². The van der Waals surface area contributed by atoms with E-state index in [2.05, 4.69) is 55.6 Å². The number of hydrogen-bond donors (Lipinski definition) is 1. The van der Waals surface area contributed by atoms with Crippen LogP contribution in [0.1, 0.15) is 48.9 Å². The molecule has 1 aliphatic rings. The van der Waals surface area contributed by atoms with Crippen LogP contribution in [-0.4, -0.2) is 21.1 Å². The largest absolute Gasteiger partial charge is 0.370 e. The summed E-state index contributed by atoms with van der Waals surface area (Å²) in [5, 5.41) is 8.51. The summed E-state index contributed by atoms with van der Waals surface area (Å²) in [6.45, 7) is 7.21. The summed E-state index contributed by atoms with van der Waals surface area (Å²) >= 11 is 0. The van der Waals surface area contributed by atoms with Crippen LogP contribution >= 0.6 is 0 Å². The van der Waals surface area contributed by atoms with Gasteiger partial charge in [-0.15, -0.1) is 0 Å². The summed E-state index contributed by atoms with van der Waals surface area (Å²) in [5.41, 5.74) is 8.07. The fourth-order valence-corrected chi connectivity index (χ4v) is 3.92. The van der Waals surface area contributed by atoms with E-state index in [1.807, 2.05) is 11.4 Å². The first kappa shape index (κ1) is 17.8. The molecule has 1 N–H and O–H groups in total. The summed E-state index contributed by atoms with van der Waals surface area (Å²) in [5.74, 6) is 1.02. The normalized spacial score (nSPS) is 14.4. The second-order valence-electron chi connectivity index (χ2n) is 7.65. The number of fused-ring (bicyclic) bond motifs is 1. The fraction of sp³-hybridized carbons (Fsp3) is 0.391. The molecule has 1 aliphatic carbocycles. The number of rotatable bonds is 5. The molecule has 0 fully saturated rings. The van der Waals surface area contributed by atoms with Crippen LogP contribution in [-0.2, 0) is 0 Å². The SMILES string of the molecule is Cc1cccc(-c2nn3c(NCCC4=CCCCC4)cc(C)nc3c2C)c1. The molecule has 0 saturated carbocycles. The summed E-state index contributed by atoms with van der Waals surface area (Å²) in [7, 11) is 0. The first-order valence-corrected chi connectivity index (χ1v) is 9.97. The molecule has 0 aliphatic heterocycles. The van der Waals surface area contributed by atoms with Gasteiger partial charge in [-0.05, 0) is 58.9 Å². The van der Waals surface area contributed by atoms with Crippen molar-refractivity contribution in [3.63, 3.8) is 0 Å². The van der Waals surface area contributed by atoms with Crippen molar-refractivity contribution in [1.82, 2.24) is 14.6 Å². The smallest absolute Gasteiger partial charge is 0.161 e. The Morgan fingerprint density at radius 3 is 2.78 bits per heavy atom. The monoisotopic (exact) mass is 360 g/mol. The molecule has 0 spiro atoms. The Bertz CT molecular complexity index is 997. The van der Waals surface area contributed by atoms with Gasteiger partial charge in [-0.2, -0.15) is 9.61 Å². The van der Waals surface area contributed by atoms with Gasteiger partial charge in [-0.1, -0.05) is 35.4 Å². The number of aryl methyl sites for hydroxylation is 3. The summed E-state index contributed by atoms with van der Waals surface area (Å²) < 4.78 is 1.97. The zero-order valence-electron chi connectivity index (χ0n) is 16.5. The maximum atomic E-state index is 4.91. The topological polar surface area (TPSA) is 42.2 Å². The minimum atomic E-state index is 0.934. The molecule has 4 nitrogen and oxygen atoms in total. The summed E-state index contributed by atoms with van der Waals surface area (Å²) in [6.07, 6.45) is 8.70. The highest BCUT2D eigenvalue weighted by molar-refractivity contribution is 5.72. The van der Waals surface area contributed by atoms with Crippen LogP contribution < -0.4 is 5.32 Å². The maximum absolute atomic E-state index is 4.91. The molecular weight excluding hydrogens is 332 g/mol. The van der Waals surface area contributed by atoms with Crippen LogP contribution in [0.25, 0.3) is 16.9 Å². The van der Waals surface area contributed by atoms with E-state index < -0.39 is 0 Å². The average Bonchev–Trinajstić information content (AvgIpc) is 2.99. The minimum absolute atomic E-state index is 0.934. The van der Waals surface area contributed by atoms with E-state index in [1.54, 1.807) is 5.57 Å². The molecule has 0 amide bonds. The number of nitrogens with one attached hydrogen (secondary N) is 1. The molecule has 140 valence electrons. The Morgan fingerprint density at radius 1 is 1.11 bits per heavy atom. The van der Waals surface area contributed by atoms with Gasteiger partial charge in [0.1, 0.15) is 5.82 Å². The van der Waals surface area contributed by atoms with Gasteiger partial charge in [0.15, 0.2) is 5.65 Å². The molecule has 4 heteroatoms. The number of aromatic nitrogens is 3. The number of hydrogen-bond acceptors (Lipinski definition) is 3. The molecule has 4 rings (SSSR count). The Kier molecular flexibility index (Phi) is 4.97. The zero-order chi connectivity index (χ0) is 18.8. The van der Waals surface area contributed by atoms with E-state index in [1.165, 1.54) is 31.2 Å². The standard InChI is InChI=1S/C23H28N4/c1-16-8-7-11-20(14-16)22-18(3)23-25-17(2)15-21(27(23)26-22)24-13-12-19-9-5-4-6-10-19/h7-9,11,14-15,24H,4-6,10,12-13H2,1-3H3. The molecule has 0 saturated heterocycles. The van der Waals surface area contributed by atoms with Crippen molar-refractivity contribution < 1.29 is 0 Å². The van der Waals surface area contributed by atoms with E-state index in [4.69, 9.17) is 10.1 Å². The molecule has 1 aromatic carbocycles. The Morgan fingerprint density at radius 2 is 2.00 bits per heavy atom. The predicted octanol–water partition coefficient (Wildman–Crippen LogP) is 5.62. The molecule has 0 unspecified atom stereocenters. The highest BCUT2D eigenvalue weighted by Crippen LogP contribution is 2.27. The molecule has 27 heavy (non-hydrogen) atoms. The van der Waals surface area contributed by atoms with Gasteiger partial charge >= 0.3 is 0 Å². The second kappa shape index (κ2) is 7.55. The van der Waals surface area contributed by atoms with Gasteiger partial charge in [0.25, 0.3) is 0 Å². The number of allylic oxidation sites excluding steroid dienone is 1. The first-order chi connectivity index (χ1) is 13.1. The van der Waals surface area contributed by atoms with Crippen molar-refractivity contribution >= 4 is 11.5 Å². The van der Waals surface area contributed by atoms with Crippen LogP contribution in [0.4, 0.5) is 5.82 Å². The third-order valence-electron chi connectivity index (χ3n) is 5.38. The van der Waals surface area contributed by atoms with E-state index in [0.717, 1.165) is 46.9 Å². The Balaban J connectivity index is 1.64. The van der Waals surface area contributed by atoms with Crippen LogP contribution in [0.2, 0.25) is 0 Å². The van der Waals surface area contributed by atoms with E-state index in [9.17, 15) is 0 Å². The van der Waals surface area contributed by atoms with Crippen LogP contribution in [0.5, 0.6) is 0 Å². The lowest BCUT2D eigenvalue weighted by atomic mass is 9.97. The van der Waals surface area contributed by atoms with Crippen molar-refractivity contribution in [1.29, 1.82) is 0 Å². The van der Waals surface area contributed by atoms with Gasteiger partial charge in [-0.25, -0.2) is 4.98 Å². The average molecular weight is 361 g/mol. The quantitative estimate of drug-likeness (QED) is 0.600. The third kappa shape index (κ3) is 3.75. The van der Waals surface area contributed by atoms with Gasteiger partial charge in [0, 0.05) is 29.4 Å². The lowest BCUT2D eigenvalue weighted by Crippen LogP contribution is -2.09. The molecule has 2 heterocycles. The maximum Gasteiger partial charge on any atom is 0.161 e. The summed E-state index contributed by atoms with van der Waals surface area (Å²) in [4.78, 5) is 4.75. The van der Waals surface area contributed by atoms with Crippen molar-refractivity contribution in [3.8, 4) is 11.3 Å². The van der Waals surface area contributed by atoms with Crippen molar-refractivity contribution in [3.05, 3.63) is 58.8 Å². The van der Waals surface area contributed by atoms with Crippen LogP contribution in [0.15, 0.2) is 42.0 Å². The second-order valence-corrected chi connectivity index (χ2v) is 7.65. The van der Waals surface area contributed by atoms with E-state index in [0.29, 0.717) is 0 Å². The van der Waals surface area contributed by atoms with Gasteiger partial charge in [-0.3, -0.25) is 0 Å². The Labute approximate surface area is 161 Å². The molecule has 3 aromatic rings.